The van der Waals surface area contributed by atoms with Crippen molar-refractivity contribution in [2.75, 3.05) is 13.7 Å². The average Bonchev–Trinajstić information content (AvgIpc) is 2.37. The predicted molar refractivity (Wildman–Crippen MR) is 66.6 cm³/mol. The number of rotatable bonds is 5. The highest BCUT2D eigenvalue weighted by Gasteiger charge is 2.23. The van der Waals surface area contributed by atoms with Crippen molar-refractivity contribution in [1.29, 1.82) is 0 Å². The fourth-order valence-electron chi connectivity index (χ4n) is 1.36. The molecule has 3 N–H and O–H groups in total. The Morgan fingerprint density at radius 1 is 1.44 bits per heavy atom. The van der Waals surface area contributed by atoms with Crippen molar-refractivity contribution in [1.82, 2.24) is 4.72 Å². The lowest BCUT2D eigenvalue weighted by Crippen LogP contribution is -2.38. The molecule has 0 bridgehead atoms. The molecule has 1 rings (SSSR count). The summed E-state index contributed by atoms with van der Waals surface area (Å²) in [6.07, 6.45) is 0. The standard InChI is InChI=1S/C11H16N2O4S/c1-8(7-12)13-18(15,16)10-6-4-3-5-9(10)11(14)17-2/h3-6,8,13H,7,12H2,1-2H3/t8-/m0/s1. The molecule has 1 aromatic rings. The number of benzene rings is 1. The average molecular weight is 272 g/mol. The van der Waals surface area contributed by atoms with Crippen LogP contribution in [0.15, 0.2) is 29.2 Å². The Hall–Kier alpha value is -1.44. The molecule has 0 spiro atoms. The molecule has 100 valence electrons. The lowest BCUT2D eigenvalue weighted by Gasteiger charge is -2.13. The minimum absolute atomic E-state index is 0.00304. The minimum Gasteiger partial charge on any atom is -0.465 e. The van der Waals surface area contributed by atoms with Crippen LogP contribution in [0.4, 0.5) is 0 Å². The van der Waals surface area contributed by atoms with Gasteiger partial charge >= 0.3 is 5.97 Å². The van der Waals surface area contributed by atoms with Crippen LogP contribution in [0.2, 0.25) is 0 Å². The van der Waals surface area contributed by atoms with Gasteiger partial charge in [-0.1, -0.05) is 12.1 Å². The van der Waals surface area contributed by atoms with Gasteiger partial charge in [0.25, 0.3) is 0 Å². The first kappa shape index (κ1) is 14.6. The number of carbonyl (C=O) groups excluding carboxylic acids is 1. The maximum Gasteiger partial charge on any atom is 0.339 e. The number of carbonyl (C=O) groups is 1. The zero-order chi connectivity index (χ0) is 13.8. The summed E-state index contributed by atoms with van der Waals surface area (Å²) in [7, 11) is -2.59. The summed E-state index contributed by atoms with van der Waals surface area (Å²) in [5.74, 6) is -0.698. The number of esters is 1. The first-order chi connectivity index (χ1) is 8.42. The molecule has 0 aliphatic carbocycles. The highest BCUT2D eigenvalue weighted by atomic mass is 32.2. The molecule has 18 heavy (non-hydrogen) atoms. The van der Waals surface area contributed by atoms with E-state index in [-0.39, 0.29) is 17.0 Å². The van der Waals surface area contributed by atoms with Gasteiger partial charge < -0.3 is 10.5 Å². The zero-order valence-electron chi connectivity index (χ0n) is 10.2. The van der Waals surface area contributed by atoms with Gasteiger partial charge in [0.15, 0.2) is 0 Å². The Bertz CT molecular complexity index is 528. The molecular formula is C11H16N2O4S. The highest BCUT2D eigenvalue weighted by molar-refractivity contribution is 7.89. The monoisotopic (exact) mass is 272 g/mol. The molecule has 0 heterocycles. The van der Waals surface area contributed by atoms with Crippen LogP contribution < -0.4 is 10.5 Å². The molecule has 0 fully saturated rings. The summed E-state index contributed by atoms with van der Waals surface area (Å²) in [5, 5.41) is 0. The largest absolute Gasteiger partial charge is 0.465 e. The van der Waals surface area contributed by atoms with Crippen molar-refractivity contribution in [2.24, 2.45) is 5.73 Å². The smallest absolute Gasteiger partial charge is 0.339 e. The van der Waals surface area contributed by atoms with Crippen LogP contribution in [-0.2, 0) is 14.8 Å². The molecule has 0 aromatic heterocycles. The molecule has 0 unspecified atom stereocenters. The van der Waals surface area contributed by atoms with Crippen LogP contribution in [0.5, 0.6) is 0 Å². The van der Waals surface area contributed by atoms with Crippen LogP contribution in [0.25, 0.3) is 0 Å². The minimum atomic E-state index is -3.79. The molecular weight excluding hydrogens is 256 g/mol. The van der Waals surface area contributed by atoms with Crippen molar-refractivity contribution in [3.05, 3.63) is 29.8 Å². The van der Waals surface area contributed by atoms with Crippen molar-refractivity contribution in [3.63, 3.8) is 0 Å². The third kappa shape index (κ3) is 3.28. The van der Waals surface area contributed by atoms with Gasteiger partial charge in [0.05, 0.1) is 17.6 Å². The van der Waals surface area contributed by atoms with E-state index >= 15 is 0 Å². The molecule has 0 radical (unpaired) electrons. The Balaban J connectivity index is 3.20. The second-order valence-electron chi connectivity index (χ2n) is 3.75. The molecule has 0 saturated carbocycles. The maximum absolute atomic E-state index is 12.1. The van der Waals surface area contributed by atoms with E-state index in [1.165, 1.54) is 25.3 Å². The summed E-state index contributed by atoms with van der Waals surface area (Å²) in [6.45, 7) is 1.80. The number of ether oxygens (including phenoxy) is 1. The third-order valence-corrected chi connectivity index (χ3v) is 3.94. The highest BCUT2D eigenvalue weighted by Crippen LogP contribution is 2.16. The number of hydrogen-bond donors (Lipinski definition) is 2. The van der Waals surface area contributed by atoms with E-state index in [4.69, 9.17) is 5.73 Å². The van der Waals surface area contributed by atoms with Crippen LogP contribution in [0.3, 0.4) is 0 Å². The number of hydrogen-bond acceptors (Lipinski definition) is 5. The fraction of sp³-hybridized carbons (Fsp3) is 0.364. The molecule has 7 heteroatoms. The maximum atomic E-state index is 12.1. The van der Waals surface area contributed by atoms with Crippen LogP contribution in [0, 0.1) is 0 Å². The van der Waals surface area contributed by atoms with Crippen molar-refractivity contribution in [2.45, 2.75) is 17.9 Å². The normalized spacial score (nSPS) is 13.1. The van der Waals surface area contributed by atoms with Crippen LogP contribution in [0.1, 0.15) is 17.3 Å². The fourth-order valence-corrected chi connectivity index (χ4v) is 2.81. The SMILES string of the molecule is COC(=O)c1ccccc1S(=O)(=O)N[C@@H](C)CN. The Kier molecular flexibility index (Phi) is 4.83. The molecule has 6 nitrogen and oxygen atoms in total. The lowest BCUT2D eigenvalue weighted by atomic mass is 10.2. The van der Waals surface area contributed by atoms with Crippen molar-refractivity contribution < 1.29 is 17.9 Å². The molecule has 0 aliphatic rings. The number of nitrogens with one attached hydrogen (secondary N) is 1. The van der Waals surface area contributed by atoms with E-state index < -0.39 is 22.0 Å². The van der Waals surface area contributed by atoms with E-state index in [9.17, 15) is 13.2 Å². The summed E-state index contributed by atoms with van der Waals surface area (Å²) < 4.78 is 31.1. The number of sulfonamides is 1. The summed E-state index contributed by atoms with van der Waals surface area (Å²) >= 11 is 0. The van der Waals surface area contributed by atoms with Gasteiger partial charge in [-0.25, -0.2) is 17.9 Å². The summed E-state index contributed by atoms with van der Waals surface area (Å²) in [6, 6.07) is 5.43. The number of nitrogens with two attached hydrogens (primary N) is 1. The van der Waals surface area contributed by atoms with Gasteiger partial charge in [-0.3, -0.25) is 0 Å². The predicted octanol–water partition coefficient (Wildman–Crippen LogP) is 0.0987. The first-order valence-electron chi connectivity index (χ1n) is 5.32. The van der Waals surface area contributed by atoms with Gasteiger partial charge in [-0.15, -0.1) is 0 Å². The Labute approximate surface area is 106 Å². The summed E-state index contributed by atoms with van der Waals surface area (Å²) in [5.41, 5.74) is 5.36. The van der Waals surface area contributed by atoms with Crippen molar-refractivity contribution in [3.8, 4) is 0 Å². The van der Waals surface area contributed by atoms with Gasteiger partial charge in [-0.05, 0) is 19.1 Å². The quantitative estimate of drug-likeness (QED) is 0.741. The van der Waals surface area contributed by atoms with E-state index in [2.05, 4.69) is 9.46 Å². The van der Waals surface area contributed by atoms with E-state index in [1.807, 2.05) is 0 Å². The lowest BCUT2D eigenvalue weighted by molar-refractivity contribution is 0.0596. The first-order valence-corrected chi connectivity index (χ1v) is 6.80. The molecule has 1 aromatic carbocycles. The second kappa shape index (κ2) is 5.94. The van der Waals surface area contributed by atoms with Crippen LogP contribution in [-0.4, -0.2) is 34.1 Å². The topological polar surface area (TPSA) is 98.5 Å². The van der Waals surface area contributed by atoms with E-state index in [1.54, 1.807) is 13.0 Å². The molecule has 1 atom stereocenters. The van der Waals surface area contributed by atoms with E-state index in [0.29, 0.717) is 0 Å². The molecule has 0 aliphatic heterocycles. The van der Waals surface area contributed by atoms with Crippen molar-refractivity contribution >= 4 is 16.0 Å². The third-order valence-electron chi connectivity index (χ3n) is 2.29. The van der Waals surface area contributed by atoms with Gasteiger partial charge in [0.2, 0.25) is 10.0 Å². The van der Waals surface area contributed by atoms with Gasteiger partial charge in [-0.2, -0.15) is 0 Å². The van der Waals surface area contributed by atoms with E-state index in [0.717, 1.165) is 0 Å². The second-order valence-corrected chi connectivity index (χ2v) is 5.43. The molecule has 0 amide bonds. The summed E-state index contributed by atoms with van der Waals surface area (Å²) in [4.78, 5) is 11.4. The number of methoxy groups -OCH3 is 1. The zero-order valence-corrected chi connectivity index (χ0v) is 11.0. The Morgan fingerprint density at radius 3 is 2.61 bits per heavy atom. The van der Waals surface area contributed by atoms with Gasteiger partial charge in [0.1, 0.15) is 0 Å². The van der Waals surface area contributed by atoms with Crippen LogP contribution >= 0.6 is 0 Å². The Morgan fingerprint density at radius 2 is 2.06 bits per heavy atom. The van der Waals surface area contributed by atoms with Gasteiger partial charge in [0, 0.05) is 12.6 Å². The molecule has 0 saturated heterocycles.